The highest BCUT2D eigenvalue weighted by atomic mass is 19.4. The van der Waals surface area contributed by atoms with Crippen molar-refractivity contribution in [1.82, 2.24) is 0 Å². The standard InChI is InChI=1S/C12H15F4NO2/c1-19-7-9(4-5-18)17-11-3-2-8(6-10(11)13)12(14,15)16/h2-3,6,9,17-18H,4-5,7H2,1H3. The molecule has 1 aromatic carbocycles. The average Bonchev–Trinajstić information content (AvgIpc) is 2.31. The summed E-state index contributed by atoms with van der Waals surface area (Å²) in [5, 5.41) is 11.5. The second-order valence-corrected chi connectivity index (χ2v) is 4.00. The Morgan fingerprint density at radius 2 is 2.05 bits per heavy atom. The Bertz CT molecular complexity index is 403. The van der Waals surface area contributed by atoms with Crippen molar-refractivity contribution in [3.8, 4) is 0 Å². The second-order valence-electron chi connectivity index (χ2n) is 4.00. The number of nitrogens with one attached hydrogen (secondary N) is 1. The number of anilines is 1. The Kier molecular flexibility index (Phi) is 5.56. The fourth-order valence-electron chi connectivity index (χ4n) is 1.58. The van der Waals surface area contributed by atoms with E-state index in [0.29, 0.717) is 12.5 Å². The Morgan fingerprint density at radius 3 is 2.53 bits per heavy atom. The average molecular weight is 281 g/mol. The largest absolute Gasteiger partial charge is 0.416 e. The van der Waals surface area contributed by atoms with Gasteiger partial charge in [-0.15, -0.1) is 0 Å². The minimum Gasteiger partial charge on any atom is -0.396 e. The first-order chi connectivity index (χ1) is 8.88. The second kappa shape index (κ2) is 6.72. The van der Waals surface area contributed by atoms with Crippen LogP contribution in [0.4, 0.5) is 23.2 Å². The minimum absolute atomic E-state index is 0.0523. The van der Waals surface area contributed by atoms with Gasteiger partial charge in [0.2, 0.25) is 0 Å². The Morgan fingerprint density at radius 1 is 1.37 bits per heavy atom. The quantitative estimate of drug-likeness (QED) is 0.788. The van der Waals surface area contributed by atoms with Gasteiger partial charge >= 0.3 is 6.18 Å². The monoisotopic (exact) mass is 281 g/mol. The molecule has 0 bridgehead atoms. The van der Waals surface area contributed by atoms with Gasteiger partial charge < -0.3 is 15.2 Å². The molecule has 1 aromatic rings. The van der Waals surface area contributed by atoms with E-state index in [1.165, 1.54) is 7.11 Å². The molecule has 0 aliphatic carbocycles. The van der Waals surface area contributed by atoms with Crippen LogP contribution in [0.3, 0.4) is 0 Å². The van der Waals surface area contributed by atoms with E-state index in [2.05, 4.69) is 5.32 Å². The molecule has 0 heterocycles. The van der Waals surface area contributed by atoms with E-state index in [-0.39, 0.29) is 24.9 Å². The number of hydrogen-bond donors (Lipinski definition) is 2. The number of halogens is 4. The summed E-state index contributed by atoms with van der Waals surface area (Å²) in [6, 6.07) is 1.89. The minimum atomic E-state index is -4.57. The molecule has 0 radical (unpaired) electrons. The predicted molar refractivity (Wildman–Crippen MR) is 62.4 cm³/mol. The fourth-order valence-corrected chi connectivity index (χ4v) is 1.58. The van der Waals surface area contributed by atoms with Gasteiger partial charge in [-0.25, -0.2) is 4.39 Å². The molecule has 1 atom stereocenters. The lowest BCUT2D eigenvalue weighted by molar-refractivity contribution is -0.137. The van der Waals surface area contributed by atoms with Crippen molar-refractivity contribution in [2.75, 3.05) is 25.6 Å². The van der Waals surface area contributed by atoms with Crippen molar-refractivity contribution < 1.29 is 27.4 Å². The summed E-state index contributed by atoms with van der Waals surface area (Å²) in [5.74, 6) is -0.992. The first-order valence-corrected chi connectivity index (χ1v) is 5.61. The molecule has 0 fully saturated rings. The molecule has 1 rings (SSSR count). The van der Waals surface area contributed by atoms with E-state index in [0.717, 1.165) is 12.1 Å². The molecule has 1 unspecified atom stereocenters. The molecule has 0 amide bonds. The number of rotatable bonds is 6. The van der Waals surface area contributed by atoms with Crippen LogP contribution in [0.2, 0.25) is 0 Å². The van der Waals surface area contributed by atoms with Crippen LogP contribution in [0.1, 0.15) is 12.0 Å². The highest BCUT2D eigenvalue weighted by Crippen LogP contribution is 2.31. The number of aliphatic hydroxyl groups excluding tert-OH is 1. The molecular weight excluding hydrogens is 266 g/mol. The molecular formula is C12H15F4NO2. The van der Waals surface area contributed by atoms with Crippen LogP contribution in [-0.4, -0.2) is 31.5 Å². The normalized spacial score (nSPS) is 13.4. The summed E-state index contributed by atoms with van der Waals surface area (Å²) >= 11 is 0. The molecule has 2 N–H and O–H groups in total. The predicted octanol–water partition coefficient (Wildman–Crippen LogP) is 2.65. The number of aliphatic hydroxyl groups is 1. The zero-order chi connectivity index (χ0) is 14.5. The van der Waals surface area contributed by atoms with Gasteiger partial charge in [-0.05, 0) is 24.6 Å². The molecule has 0 aliphatic heterocycles. The topological polar surface area (TPSA) is 41.5 Å². The summed E-state index contributed by atoms with van der Waals surface area (Å²) in [6.45, 7) is 0.0737. The van der Waals surface area contributed by atoms with Crippen LogP contribution in [0, 0.1) is 5.82 Å². The highest BCUT2D eigenvalue weighted by molar-refractivity contribution is 5.47. The van der Waals surface area contributed by atoms with Gasteiger partial charge in [-0.3, -0.25) is 0 Å². The zero-order valence-corrected chi connectivity index (χ0v) is 10.3. The summed E-state index contributed by atoms with van der Waals surface area (Å²) in [7, 11) is 1.44. The van der Waals surface area contributed by atoms with Crippen molar-refractivity contribution in [3.05, 3.63) is 29.6 Å². The summed E-state index contributed by atoms with van der Waals surface area (Å²) in [6.07, 6.45) is -4.27. The maximum atomic E-state index is 13.6. The molecule has 0 saturated carbocycles. The maximum Gasteiger partial charge on any atom is 0.416 e. The van der Waals surface area contributed by atoms with Crippen LogP contribution >= 0.6 is 0 Å². The number of hydrogen-bond acceptors (Lipinski definition) is 3. The SMILES string of the molecule is COCC(CCO)Nc1ccc(C(F)(F)F)cc1F. The van der Waals surface area contributed by atoms with E-state index in [4.69, 9.17) is 9.84 Å². The van der Waals surface area contributed by atoms with Crippen molar-refractivity contribution in [1.29, 1.82) is 0 Å². The molecule has 0 aromatic heterocycles. The number of ether oxygens (including phenoxy) is 1. The van der Waals surface area contributed by atoms with Crippen molar-refractivity contribution >= 4 is 5.69 Å². The number of methoxy groups -OCH3 is 1. The summed E-state index contributed by atoms with van der Waals surface area (Å²) in [5.41, 5.74) is -1.09. The lowest BCUT2D eigenvalue weighted by atomic mass is 10.1. The Labute approximate surface area is 108 Å². The highest BCUT2D eigenvalue weighted by Gasteiger charge is 2.31. The molecule has 108 valence electrons. The van der Waals surface area contributed by atoms with E-state index in [1.807, 2.05) is 0 Å². The maximum absolute atomic E-state index is 13.6. The van der Waals surface area contributed by atoms with Gasteiger partial charge in [-0.1, -0.05) is 0 Å². The molecule has 0 spiro atoms. The van der Waals surface area contributed by atoms with Crippen LogP contribution in [-0.2, 0) is 10.9 Å². The van der Waals surface area contributed by atoms with Crippen molar-refractivity contribution in [2.45, 2.75) is 18.6 Å². The van der Waals surface area contributed by atoms with E-state index >= 15 is 0 Å². The molecule has 3 nitrogen and oxygen atoms in total. The van der Waals surface area contributed by atoms with Crippen molar-refractivity contribution in [3.63, 3.8) is 0 Å². The Balaban J connectivity index is 2.84. The first kappa shape index (κ1) is 15.7. The van der Waals surface area contributed by atoms with Gasteiger partial charge in [0.25, 0.3) is 0 Å². The Hall–Kier alpha value is -1.34. The van der Waals surface area contributed by atoms with E-state index in [9.17, 15) is 17.6 Å². The lowest BCUT2D eigenvalue weighted by Crippen LogP contribution is -2.26. The smallest absolute Gasteiger partial charge is 0.396 e. The first-order valence-electron chi connectivity index (χ1n) is 5.61. The summed E-state index contributed by atoms with van der Waals surface area (Å²) in [4.78, 5) is 0. The van der Waals surface area contributed by atoms with E-state index in [1.54, 1.807) is 0 Å². The van der Waals surface area contributed by atoms with Crippen LogP contribution in [0.25, 0.3) is 0 Å². The fraction of sp³-hybridized carbons (Fsp3) is 0.500. The lowest BCUT2D eigenvalue weighted by Gasteiger charge is -2.19. The van der Waals surface area contributed by atoms with Gasteiger partial charge in [0, 0.05) is 13.7 Å². The molecule has 0 saturated heterocycles. The van der Waals surface area contributed by atoms with Gasteiger partial charge in [0.15, 0.2) is 0 Å². The third-order valence-corrected chi connectivity index (χ3v) is 2.50. The molecule has 0 aliphatic rings. The van der Waals surface area contributed by atoms with Gasteiger partial charge in [0.1, 0.15) is 5.82 Å². The molecule has 19 heavy (non-hydrogen) atoms. The van der Waals surface area contributed by atoms with Crippen LogP contribution in [0.5, 0.6) is 0 Å². The van der Waals surface area contributed by atoms with E-state index < -0.39 is 17.6 Å². The van der Waals surface area contributed by atoms with Gasteiger partial charge in [-0.2, -0.15) is 13.2 Å². The third-order valence-electron chi connectivity index (χ3n) is 2.50. The number of benzene rings is 1. The summed E-state index contributed by atoms with van der Waals surface area (Å²) < 4.78 is 55.5. The third kappa shape index (κ3) is 4.68. The number of alkyl halides is 3. The van der Waals surface area contributed by atoms with Crippen molar-refractivity contribution in [2.24, 2.45) is 0 Å². The molecule has 7 heteroatoms. The zero-order valence-electron chi connectivity index (χ0n) is 10.3. The van der Waals surface area contributed by atoms with Crippen LogP contribution in [0.15, 0.2) is 18.2 Å². The van der Waals surface area contributed by atoms with Gasteiger partial charge in [0.05, 0.1) is 23.9 Å². The van der Waals surface area contributed by atoms with Crippen LogP contribution < -0.4 is 5.32 Å².